The first-order valence-corrected chi connectivity index (χ1v) is 10.4. The maximum atomic E-state index is 12.5. The number of carbonyl (C=O) groups excluding carboxylic acids is 1. The van der Waals surface area contributed by atoms with Crippen molar-refractivity contribution in [1.29, 1.82) is 0 Å². The van der Waals surface area contributed by atoms with Gasteiger partial charge in [0, 0.05) is 37.6 Å². The van der Waals surface area contributed by atoms with E-state index in [1.807, 2.05) is 4.90 Å². The second-order valence-electron chi connectivity index (χ2n) is 7.01. The van der Waals surface area contributed by atoms with Crippen LogP contribution in [0.25, 0.3) is 0 Å². The second-order valence-corrected chi connectivity index (χ2v) is 7.99. The van der Waals surface area contributed by atoms with Gasteiger partial charge in [0.25, 0.3) is 0 Å². The van der Waals surface area contributed by atoms with Gasteiger partial charge in [-0.3, -0.25) is 4.79 Å². The number of thioether (sulfide) groups is 1. The average molecular weight is 369 g/mol. The fourth-order valence-electron chi connectivity index (χ4n) is 3.39. The van der Waals surface area contributed by atoms with Crippen LogP contribution >= 0.6 is 11.8 Å². The van der Waals surface area contributed by atoms with E-state index in [-0.39, 0.29) is 5.91 Å². The van der Waals surface area contributed by atoms with Gasteiger partial charge in [-0.1, -0.05) is 36.4 Å². The molecule has 0 aliphatic carbocycles. The number of piperazine rings is 1. The lowest BCUT2D eigenvalue weighted by molar-refractivity contribution is -0.128. The molecule has 0 N–H and O–H groups in total. The molecular weight excluding hydrogens is 340 g/mol. The zero-order valence-corrected chi connectivity index (χ0v) is 16.8. The van der Waals surface area contributed by atoms with E-state index in [1.54, 1.807) is 11.8 Å². The van der Waals surface area contributed by atoms with Crippen LogP contribution in [0.3, 0.4) is 0 Å². The molecule has 4 heteroatoms. The molecule has 0 atom stereocenters. The minimum atomic E-state index is 0.268. The van der Waals surface area contributed by atoms with Gasteiger partial charge in [-0.2, -0.15) is 0 Å². The molecule has 0 bridgehead atoms. The van der Waals surface area contributed by atoms with Crippen molar-refractivity contribution in [3.63, 3.8) is 0 Å². The van der Waals surface area contributed by atoms with Gasteiger partial charge in [0.2, 0.25) is 5.91 Å². The largest absolute Gasteiger partial charge is 0.368 e. The van der Waals surface area contributed by atoms with E-state index in [0.29, 0.717) is 5.75 Å². The van der Waals surface area contributed by atoms with Crippen LogP contribution in [0, 0.1) is 20.8 Å². The lowest BCUT2D eigenvalue weighted by Crippen LogP contribution is -2.49. The molecule has 0 aromatic heterocycles. The summed E-state index contributed by atoms with van der Waals surface area (Å²) in [5.74, 6) is 1.74. The van der Waals surface area contributed by atoms with Crippen LogP contribution in [0.15, 0.2) is 42.5 Å². The average Bonchev–Trinajstić information content (AvgIpc) is 2.65. The lowest BCUT2D eigenvalue weighted by Gasteiger charge is -2.37. The lowest BCUT2D eigenvalue weighted by atomic mass is 10.1. The van der Waals surface area contributed by atoms with Crippen LogP contribution in [0.1, 0.15) is 22.3 Å². The Labute approximate surface area is 161 Å². The summed E-state index contributed by atoms with van der Waals surface area (Å²) in [5, 5.41) is 0. The molecule has 26 heavy (non-hydrogen) atoms. The molecule has 0 radical (unpaired) electrons. The van der Waals surface area contributed by atoms with Gasteiger partial charge in [0.05, 0.1) is 5.75 Å². The number of amides is 1. The van der Waals surface area contributed by atoms with Crippen LogP contribution in [-0.4, -0.2) is 42.7 Å². The number of aryl methyl sites for hydroxylation is 2. The number of nitrogens with zero attached hydrogens (tertiary/aromatic N) is 2. The van der Waals surface area contributed by atoms with Gasteiger partial charge >= 0.3 is 0 Å². The molecule has 1 heterocycles. The molecule has 1 saturated heterocycles. The van der Waals surface area contributed by atoms with Crippen LogP contribution in [0.5, 0.6) is 0 Å². The van der Waals surface area contributed by atoms with Gasteiger partial charge in [0.15, 0.2) is 0 Å². The Bertz CT molecular complexity index is 766. The van der Waals surface area contributed by atoms with Gasteiger partial charge in [-0.15, -0.1) is 11.8 Å². The predicted molar refractivity (Wildman–Crippen MR) is 112 cm³/mol. The van der Waals surface area contributed by atoms with Crippen molar-refractivity contribution >= 4 is 23.4 Å². The highest BCUT2D eigenvalue weighted by molar-refractivity contribution is 7.99. The van der Waals surface area contributed by atoms with Gasteiger partial charge in [-0.05, 0) is 49.1 Å². The topological polar surface area (TPSA) is 23.6 Å². The summed E-state index contributed by atoms with van der Waals surface area (Å²) < 4.78 is 0. The van der Waals surface area contributed by atoms with Crippen molar-refractivity contribution in [3.8, 4) is 0 Å². The molecular formula is C22H28N2OS. The third-order valence-electron chi connectivity index (χ3n) is 5.29. The molecule has 138 valence electrons. The molecule has 1 aliphatic rings. The van der Waals surface area contributed by atoms with Crippen LogP contribution in [0.2, 0.25) is 0 Å². The van der Waals surface area contributed by atoms with E-state index >= 15 is 0 Å². The highest BCUT2D eigenvalue weighted by Gasteiger charge is 2.22. The highest BCUT2D eigenvalue weighted by Crippen LogP contribution is 2.24. The molecule has 0 saturated carbocycles. The molecule has 2 aromatic rings. The quantitative estimate of drug-likeness (QED) is 0.790. The van der Waals surface area contributed by atoms with Gasteiger partial charge < -0.3 is 9.80 Å². The smallest absolute Gasteiger partial charge is 0.232 e. The van der Waals surface area contributed by atoms with Crippen molar-refractivity contribution < 1.29 is 4.79 Å². The Balaban J connectivity index is 1.48. The number of benzene rings is 2. The van der Waals surface area contributed by atoms with E-state index in [1.165, 1.54) is 27.9 Å². The first kappa shape index (κ1) is 18.8. The van der Waals surface area contributed by atoms with E-state index in [2.05, 4.69) is 68.1 Å². The summed E-state index contributed by atoms with van der Waals surface area (Å²) in [5.41, 5.74) is 6.61. The van der Waals surface area contributed by atoms with Gasteiger partial charge in [0.1, 0.15) is 0 Å². The van der Waals surface area contributed by atoms with Crippen LogP contribution in [0.4, 0.5) is 5.69 Å². The Morgan fingerprint density at radius 3 is 2.35 bits per heavy atom. The maximum Gasteiger partial charge on any atom is 0.232 e. The number of rotatable bonds is 5. The third-order valence-corrected chi connectivity index (χ3v) is 6.26. The third kappa shape index (κ3) is 4.42. The summed E-state index contributed by atoms with van der Waals surface area (Å²) in [7, 11) is 0. The molecule has 1 fully saturated rings. The molecule has 1 amide bonds. The monoisotopic (exact) mass is 368 g/mol. The van der Waals surface area contributed by atoms with E-state index in [9.17, 15) is 4.79 Å². The van der Waals surface area contributed by atoms with Crippen LogP contribution in [-0.2, 0) is 10.5 Å². The number of hydrogen-bond acceptors (Lipinski definition) is 3. The van der Waals surface area contributed by atoms with Crippen molar-refractivity contribution in [1.82, 2.24) is 4.90 Å². The molecule has 0 unspecified atom stereocenters. The van der Waals surface area contributed by atoms with E-state index < -0.39 is 0 Å². The minimum absolute atomic E-state index is 0.268. The first-order valence-electron chi connectivity index (χ1n) is 9.27. The molecule has 0 spiro atoms. The van der Waals surface area contributed by atoms with E-state index in [0.717, 1.165) is 31.9 Å². The van der Waals surface area contributed by atoms with Crippen molar-refractivity contribution in [3.05, 3.63) is 64.7 Å². The summed E-state index contributed by atoms with van der Waals surface area (Å²) >= 11 is 1.72. The second kappa shape index (κ2) is 8.63. The number of carbonyl (C=O) groups is 1. The molecule has 2 aromatic carbocycles. The maximum absolute atomic E-state index is 12.5. The Morgan fingerprint density at radius 1 is 0.923 bits per heavy atom. The Kier molecular flexibility index (Phi) is 6.25. The fourth-order valence-corrected chi connectivity index (χ4v) is 4.39. The minimum Gasteiger partial charge on any atom is -0.368 e. The van der Waals surface area contributed by atoms with E-state index in [4.69, 9.17) is 0 Å². The predicted octanol–water partition coefficient (Wildman–Crippen LogP) is 4.19. The normalized spacial score (nSPS) is 14.6. The number of anilines is 1. The summed E-state index contributed by atoms with van der Waals surface area (Å²) in [6.45, 7) is 9.93. The number of hydrogen-bond donors (Lipinski definition) is 0. The SMILES string of the molecule is Cc1ccccc1CSCC(=O)N1CCN(c2cccc(C)c2C)CC1. The summed E-state index contributed by atoms with van der Waals surface area (Å²) in [4.78, 5) is 17.0. The molecule has 3 nitrogen and oxygen atoms in total. The Morgan fingerprint density at radius 2 is 1.62 bits per heavy atom. The first-order chi connectivity index (χ1) is 12.6. The highest BCUT2D eigenvalue weighted by atomic mass is 32.2. The van der Waals surface area contributed by atoms with Crippen LogP contribution < -0.4 is 4.90 Å². The summed E-state index contributed by atoms with van der Waals surface area (Å²) in [6, 6.07) is 14.9. The van der Waals surface area contributed by atoms with Crippen molar-refractivity contribution in [2.75, 3.05) is 36.8 Å². The van der Waals surface area contributed by atoms with Crippen molar-refractivity contribution in [2.45, 2.75) is 26.5 Å². The summed E-state index contributed by atoms with van der Waals surface area (Å²) in [6.07, 6.45) is 0. The van der Waals surface area contributed by atoms with Crippen molar-refractivity contribution in [2.24, 2.45) is 0 Å². The standard InChI is InChI=1S/C22H28N2OS/c1-17-8-6-10-21(19(17)3)23-11-13-24(14-12-23)22(25)16-26-15-20-9-5-4-7-18(20)2/h4-10H,11-16H2,1-3H3. The fraction of sp³-hybridized carbons (Fsp3) is 0.409. The molecule has 1 aliphatic heterocycles. The Hall–Kier alpha value is -1.94. The van der Waals surface area contributed by atoms with Gasteiger partial charge in [-0.25, -0.2) is 0 Å². The molecule has 3 rings (SSSR count). The zero-order valence-electron chi connectivity index (χ0n) is 16.0. The zero-order chi connectivity index (χ0) is 18.5.